The molecule has 1 unspecified atom stereocenters. The maximum atomic E-state index is 9.71. The van der Waals surface area contributed by atoms with Crippen LogP contribution in [-0.4, -0.2) is 35.5 Å². The second kappa shape index (κ2) is 6.37. The topological polar surface area (TPSA) is 61.7 Å². The van der Waals surface area contributed by atoms with Crippen LogP contribution in [0.25, 0.3) is 0 Å². The molecule has 3 N–H and O–H groups in total. The van der Waals surface area contributed by atoms with Gasteiger partial charge in [0.2, 0.25) is 0 Å². The second-order valence-corrected chi connectivity index (χ2v) is 5.21. The molecule has 0 amide bonds. The highest BCUT2D eigenvalue weighted by molar-refractivity contribution is 5.28. The Bertz CT molecular complexity index is 406. The Morgan fingerprint density at radius 2 is 2.16 bits per heavy atom. The van der Waals surface area contributed by atoms with E-state index in [9.17, 15) is 5.11 Å². The van der Waals surface area contributed by atoms with Gasteiger partial charge in [0.25, 0.3) is 0 Å². The fourth-order valence-corrected chi connectivity index (χ4v) is 2.48. The van der Waals surface area contributed by atoms with Gasteiger partial charge in [0.1, 0.15) is 12.4 Å². The van der Waals surface area contributed by atoms with Crippen LogP contribution in [0.2, 0.25) is 0 Å². The van der Waals surface area contributed by atoms with Crippen molar-refractivity contribution < 1.29 is 14.9 Å². The molecule has 0 radical (unpaired) electrons. The summed E-state index contributed by atoms with van der Waals surface area (Å²) in [5.41, 5.74) is 0.506. The molecule has 0 spiro atoms. The molecule has 1 aliphatic rings. The van der Waals surface area contributed by atoms with Crippen LogP contribution in [0.15, 0.2) is 24.3 Å². The zero-order valence-electron chi connectivity index (χ0n) is 11.4. The van der Waals surface area contributed by atoms with Gasteiger partial charge in [-0.2, -0.15) is 0 Å². The minimum Gasteiger partial charge on any atom is -0.492 e. The third-order valence-corrected chi connectivity index (χ3v) is 3.75. The molecule has 0 saturated heterocycles. The molecular weight excluding hydrogens is 242 g/mol. The van der Waals surface area contributed by atoms with Gasteiger partial charge < -0.3 is 20.3 Å². The molecular formula is C15H23NO3. The first-order valence-electron chi connectivity index (χ1n) is 6.92. The maximum Gasteiger partial charge on any atom is 0.119 e. The summed E-state index contributed by atoms with van der Waals surface area (Å²) in [5.74, 6) is 1.24. The molecule has 19 heavy (non-hydrogen) atoms. The average Bonchev–Trinajstić information content (AvgIpc) is 3.29. The Kier molecular flexibility index (Phi) is 4.80. The first kappa shape index (κ1) is 14.3. The van der Waals surface area contributed by atoms with E-state index in [1.165, 1.54) is 0 Å². The average molecular weight is 265 g/mol. The Hall–Kier alpha value is -1.10. The predicted molar refractivity (Wildman–Crippen MR) is 74.1 cm³/mol. The lowest BCUT2D eigenvalue weighted by atomic mass is 9.95. The highest BCUT2D eigenvalue weighted by atomic mass is 16.5. The summed E-state index contributed by atoms with van der Waals surface area (Å²) in [7, 11) is 0. The largest absolute Gasteiger partial charge is 0.492 e. The van der Waals surface area contributed by atoms with Crippen LogP contribution in [0.1, 0.15) is 25.3 Å². The second-order valence-electron chi connectivity index (χ2n) is 5.21. The van der Waals surface area contributed by atoms with E-state index >= 15 is 0 Å². The van der Waals surface area contributed by atoms with Crippen molar-refractivity contribution >= 4 is 0 Å². The van der Waals surface area contributed by atoms with E-state index in [0.29, 0.717) is 12.5 Å². The normalized spacial score (nSPS) is 18.1. The van der Waals surface area contributed by atoms with Gasteiger partial charge in [0, 0.05) is 0 Å². The van der Waals surface area contributed by atoms with E-state index in [1.54, 1.807) is 0 Å². The number of hydrogen-bond donors (Lipinski definition) is 3. The van der Waals surface area contributed by atoms with Crippen LogP contribution >= 0.6 is 0 Å². The highest BCUT2D eigenvalue weighted by Gasteiger charge is 2.45. The molecule has 1 fully saturated rings. The van der Waals surface area contributed by atoms with Gasteiger partial charge >= 0.3 is 0 Å². The maximum absolute atomic E-state index is 9.71. The Labute approximate surface area is 114 Å². The molecule has 1 atom stereocenters. The SMILES string of the molecule is CCNC(CO)(COc1cccc(CO)c1)C1CC1. The van der Waals surface area contributed by atoms with Crippen molar-refractivity contribution in [2.75, 3.05) is 19.8 Å². The summed E-state index contributed by atoms with van der Waals surface area (Å²) in [6, 6.07) is 7.43. The molecule has 0 bridgehead atoms. The van der Waals surface area contributed by atoms with Crippen LogP contribution in [-0.2, 0) is 6.61 Å². The molecule has 0 aromatic heterocycles. The molecule has 4 nitrogen and oxygen atoms in total. The van der Waals surface area contributed by atoms with Crippen molar-refractivity contribution in [1.29, 1.82) is 0 Å². The zero-order chi connectivity index (χ0) is 13.7. The van der Waals surface area contributed by atoms with Gasteiger partial charge in [0.05, 0.1) is 18.8 Å². The lowest BCUT2D eigenvalue weighted by Crippen LogP contribution is -2.55. The van der Waals surface area contributed by atoms with E-state index in [2.05, 4.69) is 5.32 Å². The summed E-state index contributed by atoms with van der Waals surface area (Å²) in [5, 5.41) is 22.2. The summed E-state index contributed by atoms with van der Waals surface area (Å²) in [6.45, 7) is 3.41. The van der Waals surface area contributed by atoms with Crippen LogP contribution in [0, 0.1) is 5.92 Å². The Morgan fingerprint density at radius 1 is 1.37 bits per heavy atom. The fourth-order valence-electron chi connectivity index (χ4n) is 2.48. The minimum absolute atomic E-state index is 0.0121. The molecule has 2 rings (SSSR count). The van der Waals surface area contributed by atoms with E-state index < -0.39 is 0 Å². The Balaban J connectivity index is 2.01. The van der Waals surface area contributed by atoms with Crippen molar-refractivity contribution in [1.82, 2.24) is 5.32 Å². The van der Waals surface area contributed by atoms with Crippen LogP contribution in [0.5, 0.6) is 5.75 Å². The molecule has 1 aliphatic carbocycles. The van der Waals surface area contributed by atoms with E-state index in [0.717, 1.165) is 30.7 Å². The number of aliphatic hydroxyl groups is 2. The number of benzene rings is 1. The van der Waals surface area contributed by atoms with E-state index in [4.69, 9.17) is 9.84 Å². The Morgan fingerprint density at radius 3 is 2.74 bits per heavy atom. The standard InChI is InChI=1S/C15H23NO3/c1-2-16-15(10-18,13-6-7-13)11-19-14-5-3-4-12(8-14)9-17/h3-5,8,13,16-18H,2,6-7,9-11H2,1H3. The van der Waals surface area contributed by atoms with Crippen molar-refractivity contribution in [2.45, 2.75) is 31.9 Å². The van der Waals surface area contributed by atoms with Gasteiger partial charge in [0.15, 0.2) is 0 Å². The van der Waals surface area contributed by atoms with Crippen molar-refractivity contribution in [3.05, 3.63) is 29.8 Å². The molecule has 106 valence electrons. The summed E-state index contributed by atoms with van der Waals surface area (Å²) >= 11 is 0. The molecule has 0 heterocycles. The first-order valence-corrected chi connectivity index (χ1v) is 6.92. The zero-order valence-corrected chi connectivity index (χ0v) is 11.4. The summed E-state index contributed by atoms with van der Waals surface area (Å²) in [4.78, 5) is 0. The number of likely N-dealkylation sites (N-methyl/N-ethyl adjacent to an activating group) is 1. The number of ether oxygens (including phenoxy) is 1. The van der Waals surface area contributed by atoms with Crippen molar-refractivity contribution in [3.63, 3.8) is 0 Å². The lowest BCUT2D eigenvalue weighted by molar-refractivity contribution is 0.0863. The van der Waals surface area contributed by atoms with Crippen LogP contribution in [0.4, 0.5) is 0 Å². The minimum atomic E-state index is -0.329. The first-order chi connectivity index (χ1) is 9.24. The molecule has 1 aromatic carbocycles. The van der Waals surface area contributed by atoms with Gasteiger partial charge in [-0.15, -0.1) is 0 Å². The van der Waals surface area contributed by atoms with Gasteiger partial charge in [-0.25, -0.2) is 0 Å². The number of rotatable bonds is 8. The molecule has 4 heteroatoms. The highest BCUT2D eigenvalue weighted by Crippen LogP contribution is 2.39. The van der Waals surface area contributed by atoms with Crippen LogP contribution < -0.4 is 10.1 Å². The number of aliphatic hydroxyl groups excluding tert-OH is 2. The van der Waals surface area contributed by atoms with E-state index in [-0.39, 0.29) is 18.8 Å². The van der Waals surface area contributed by atoms with Crippen molar-refractivity contribution in [3.8, 4) is 5.75 Å². The third-order valence-electron chi connectivity index (χ3n) is 3.75. The van der Waals surface area contributed by atoms with Gasteiger partial charge in [-0.05, 0) is 43.0 Å². The summed E-state index contributed by atoms with van der Waals surface area (Å²) in [6.07, 6.45) is 2.29. The number of hydrogen-bond acceptors (Lipinski definition) is 4. The van der Waals surface area contributed by atoms with Gasteiger partial charge in [-0.3, -0.25) is 0 Å². The quantitative estimate of drug-likeness (QED) is 0.663. The molecule has 0 aliphatic heterocycles. The smallest absolute Gasteiger partial charge is 0.119 e. The van der Waals surface area contributed by atoms with Crippen LogP contribution in [0.3, 0.4) is 0 Å². The molecule has 1 aromatic rings. The van der Waals surface area contributed by atoms with Gasteiger partial charge in [-0.1, -0.05) is 19.1 Å². The summed E-state index contributed by atoms with van der Waals surface area (Å²) < 4.78 is 5.83. The van der Waals surface area contributed by atoms with Crippen molar-refractivity contribution in [2.24, 2.45) is 5.92 Å². The fraction of sp³-hybridized carbons (Fsp3) is 0.600. The monoisotopic (exact) mass is 265 g/mol. The lowest BCUT2D eigenvalue weighted by Gasteiger charge is -2.33. The number of nitrogens with one attached hydrogen (secondary N) is 1. The molecule has 1 saturated carbocycles. The van der Waals surface area contributed by atoms with E-state index in [1.807, 2.05) is 31.2 Å². The third kappa shape index (κ3) is 3.47. The predicted octanol–water partition coefficient (Wildman–Crippen LogP) is 1.31.